The second-order valence-electron chi connectivity index (χ2n) is 4.37. The first kappa shape index (κ1) is 13.9. The third-order valence-electron chi connectivity index (χ3n) is 3.01. The summed E-state index contributed by atoms with van der Waals surface area (Å²) in [5.74, 6) is 1.29. The Morgan fingerprint density at radius 1 is 1.56 bits per heavy atom. The molecule has 18 heavy (non-hydrogen) atoms. The molecule has 1 N–H and O–H groups in total. The number of halogens is 1. The third-order valence-corrected chi connectivity index (χ3v) is 3.75. The Hall–Kier alpha value is -0.520. The second-order valence-corrected chi connectivity index (χ2v) is 5.53. The average molecular weight is 288 g/mol. The van der Waals surface area contributed by atoms with Crippen LogP contribution in [0.15, 0.2) is 11.2 Å². The molecule has 100 valence electrons. The van der Waals surface area contributed by atoms with Crippen LogP contribution in [0, 0.1) is 5.92 Å². The first-order valence-electron chi connectivity index (χ1n) is 6.20. The maximum atomic E-state index is 5.90. The molecule has 1 unspecified atom stereocenters. The highest BCUT2D eigenvalue weighted by atomic mass is 35.5. The van der Waals surface area contributed by atoms with Gasteiger partial charge in [-0.1, -0.05) is 23.4 Å². The number of nitrogens with one attached hydrogen (secondary N) is 1. The van der Waals surface area contributed by atoms with Gasteiger partial charge >= 0.3 is 0 Å². The van der Waals surface area contributed by atoms with Crippen molar-refractivity contribution < 1.29 is 4.74 Å². The van der Waals surface area contributed by atoms with Crippen LogP contribution in [0.2, 0.25) is 5.15 Å². The van der Waals surface area contributed by atoms with Crippen LogP contribution in [-0.2, 0) is 0 Å². The van der Waals surface area contributed by atoms with Gasteiger partial charge in [0.15, 0.2) is 5.16 Å². The fraction of sp³-hybridized carbons (Fsp3) is 0.667. The van der Waals surface area contributed by atoms with Gasteiger partial charge in [0.1, 0.15) is 5.15 Å². The predicted octanol–water partition coefficient (Wildman–Crippen LogP) is 2.62. The van der Waals surface area contributed by atoms with E-state index in [1.807, 2.05) is 6.26 Å². The van der Waals surface area contributed by atoms with Crippen molar-refractivity contribution in [3.05, 3.63) is 11.2 Å². The Bertz CT molecular complexity index is 386. The fourth-order valence-electron chi connectivity index (χ4n) is 2.04. The Kier molecular flexibility index (Phi) is 5.53. The van der Waals surface area contributed by atoms with E-state index in [9.17, 15) is 0 Å². The molecular weight excluding hydrogens is 270 g/mol. The van der Waals surface area contributed by atoms with Crippen LogP contribution >= 0.6 is 23.4 Å². The minimum absolute atomic E-state index is 0.434. The molecule has 0 radical (unpaired) electrons. The standard InChI is InChI=1S/C12H18ClN3OS/c1-18-12-15-10(13)7-11(16-12)17-6-4-9-3-2-5-14-8-9/h7,9,14H,2-6,8H2,1H3. The maximum Gasteiger partial charge on any atom is 0.218 e. The van der Waals surface area contributed by atoms with Gasteiger partial charge in [0.25, 0.3) is 0 Å². The zero-order valence-electron chi connectivity index (χ0n) is 10.5. The van der Waals surface area contributed by atoms with Gasteiger partial charge in [-0.3, -0.25) is 0 Å². The van der Waals surface area contributed by atoms with Crippen molar-refractivity contribution in [2.75, 3.05) is 26.0 Å². The Morgan fingerprint density at radius 2 is 2.44 bits per heavy atom. The number of hydrogen-bond acceptors (Lipinski definition) is 5. The molecule has 1 fully saturated rings. The molecule has 1 atom stereocenters. The molecule has 2 rings (SSSR count). The summed E-state index contributed by atoms with van der Waals surface area (Å²) >= 11 is 7.36. The molecule has 1 aromatic heterocycles. The maximum absolute atomic E-state index is 5.90. The van der Waals surface area contributed by atoms with Crippen LogP contribution in [0.5, 0.6) is 5.88 Å². The summed E-state index contributed by atoms with van der Waals surface area (Å²) in [7, 11) is 0. The molecule has 1 aliphatic heterocycles. The third kappa shape index (κ3) is 4.30. The van der Waals surface area contributed by atoms with E-state index in [-0.39, 0.29) is 0 Å². The number of piperidine rings is 1. The number of rotatable bonds is 5. The lowest BCUT2D eigenvalue weighted by Gasteiger charge is -2.22. The zero-order chi connectivity index (χ0) is 12.8. The topological polar surface area (TPSA) is 47.0 Å². The Morgan fingerprint density at radius 3 is 3.17 bits per heavy atom. The first-order chi connectivity index (χ1) is 8.78. The molecule has 4 nitrogen and oxygen atoms in total. The lowest BCUT2D eigenvalue weighted by Crippen LogP contribution is -2.30. The molecule has 1 aromatic rings. The molecule has 0 aliphatic carbocycles. The summed E-state index contributed by atoms with van der Waals surface area (Å²) in [6.45, 7) is 2.94. The molecule has 6 heteroatoms. The minimum atomic E-state index is 0.434. The number of ether oxygens (including phenoxy) is 1. The zero-order valence-corrected chi connectivity index (χ0v) is 12.1. The van der Waals surface area contributed by atoms with Gasteiger partial charge in [-0.15, -0.1) is 0 Å². The van der Waals surface area contributed by atoms with Crippen LogP contribution in [0.1, 0.15) is 19.3 Å². The number of nitrogens with zero attached hydrogens (tertiary/aromatic N) is 2. The number of thioether (sulfide) groups is 1. The van der Waals surface area contributed by atoms with Crippen molar-refractivity contribution in [2.24, 2.45) is 5.92 Å². The summed E-state index contributed by atoms with van der Waals surface area (Å²) in [6, 6.07) is 1.67. The van der Waals surface area contributed by atoms with Gasteiger partial charge in [0.05, 0.1) is 6.61 Å². The highest BCUT2D eigenvalue weighted by Gasteiger charge is 2.13. The molecule has 0 aromatic carbocycles. The van der Waals surface area contributed by atoms with E-state index >= 15 is 0 Å². The summed E-state index contributed by atoms with van der Waals surface area (Å²) < 4.78 is 5.66. The lowest BCUT2D eigenvalue weighted by atomic mass is 9.97. The van der Waals surface area contributed by atoms with Crippen molar-refractivity contribution >= 4 is 23.4 Å². The molecular formula is C12H18ClN3OS. The van der Waals surface area contributed by atoms with Gasteiger partial charge in [0, 0.05) is 6.07 Å². The van der Waals surface area contributed by atoms with Crippen molar-refractivity contribution in [1.82, 2.24) is 15.3 Å². The predicted molar refractivity (Wildman–Crippen MR) is 74.5 cm³/mol. The van der Waals surface area contributed by atoms with Crippen LogP contribution < -0.4 is 10.1 Å². The molecule has 1 aliphatic rings. The lowest BCUT2D eigenvalue weighted by molar-refractivity contribution is 0.246. The summed E-state index contributed by atoms with van der Waals surface area (Å²) in [5.41, 5.74) is 0. The highest BCUT2D eigenvalue weighted by molar-refractivity contribution is 7.98. The second kappa shape index (κ2) is 7.16. The SMILES string of the molecule is CSc1nc(Cl)cc(OCCC2CCCNC2)n1. The van der Waals surface area contributed by atoms with E-state index in [0.717, 1.165) is 25.4 Å². The first-order valence-corrected chi connectivity index (χ1v) is 7.80. The monoisotopic (exact) mass is 287 g/mol. The van der Waals surface area contributed by atoms with Gasteiger partial charge in [-0.2, -0.15) is 4.98 Å². The smallest absolute Gasteiger partial charge is 0.218 e. The quantitative estimate of drug-likeness (QED) is 0.512. The molecule has 2 heterocycles. The van der Waals surface area contributed by atoms with Crippen LogP contribution in [-0.4, -0.2) is 35.9 Å². The summed E-state index contributed by atoms with van der Waals surface area (Å²) in [6.07, 6.45) is 5.53. The molecule has 1 saturated heterocycles. The molecule has 0 spiro atoms. The van der Waals surface area contributed by atoms with Gasteiger partial charge < -0.3 is 10.1 Å². The van der Waals surface area contributed by atoms with Crippen LogP contribution in [0.3, 0.4) is 0 Å². The molecule has 0 saturated carbocycles. The van der Waals surface area contributed by atoms with Crippen molar-refractivity contribution in [3.63, 3.8) is 0 Å². The molecule has 0 amide bonds. The number of aromatic nitrogens is 2. The van der Waals surface area contributed by atoms with E-state index in [1.165, 1.54) is 24.6 Å². The largest absolute Gasteiger partial charge is 0.478 e. The minimum Gasteiger partial charge on any atom is -0.478 e. The highest BCUT2D eigenvalue weighted by Crippen LogP contribution is 2.20. The Balaban J connectivity index is 1.80. The van der Waals surface area contributed by atoms with E-state index in [4.69, 9.17) is 16.3 Å². The van der Waals surface area contributed by atoms with Gasteiger partial charge in [-0.05, 0) is 44.5 Å². The van der Waals surface area contributed by atoms with E-state index in [2.05, 4.69) is 15.3 Å². The van der Waals surface area contributed by atoms with Gasteiger partial charge in [-0.25, -0.2) is 4.98 Å². The summed E-state index contributed by atoms with van der Waals surface area (Å²) in [4.78, 5) is 8.34. The molecule has 0 bridgehead atoms. The van der Waals surface area contributed by atoms with E-state index in [1.54, 1.807) is 6.07 Å². The average Bonchev–Trinajstić information content (AvgIpc) is 2.39. The van der Waals surface area contributed by atoms with Crippen molar-refractivity contribution in [2.45, 2.75) is 24.4 Å². The van der Waals surface area contributed by atoms with Crippen LogP contribution in [0.25, 0.3) is 0 Å². The normalized spacial score (nSPS) is 19.8. The number of hydrogen-bond donors (Lipinski definition) is 1. The van der Waals surface area contributed by atoms with Crippen molar-refractivity contribution in [3.8, 4) is 5.88 Å². The van der Waals surface area contributed by atoms with E-state index in [0.29, 0.717) is 22.8 Å². The van der Waals surface area contributed by atoms with Crippen LogP contribution in [0.4, 0.5) is 0 Å². The summed E-state index contributed by atoms with van der Waals surface area (Å²) in [5, 5.41) is 4.49. The van der Waals surface area contributed by atoms with Gasteiger partial charge in [0.2, 0.25) is 5.88 Å². The van der Waals surface area contributed by atoms with E-state index < -0.39 is 0 Å². The fourth-order valence-corrected chi connectivity index (χ4v) is 2.64. The van der Waals surface area contributed by atoms with Crippen molar-refractivity contribution in [1.29, 1.82) is 0 Å². The Labute approximate surface area is 117 Å².